The molecule has 2 aromatic rings. The Labute approximate surface area is 103 Å². The van der Waals surface area contributed by atoms with Crippen LogP contribution in [0.2, 0.25) is 0 Å². The molecular formula is C12H13N3O3. The number of nitrogens with zero attached hydrogens (tertiary/aromatic N) is 2. The first kappa shape index (κ1) is 11.0. The SMILES string of the molecule is O=C(O)N1CCOC[C@H]1c1nc2ccccc2[nH]1. The van der Waals surface area contributed by atoms with Crippen LogP contribution in [-0.4, -0.2) is 45.8 Å². The standard InChI is InChI=1S/C12H13N3O3/c16-12(17)15-5-6-18-7-10(15)11-13-8-3-1-2-4-9(8)14-11/h1-4,10H,5-7H2,(H,13,14)(H,16,17)/t10-/m0/s1. The number of morpholine rings is 1. The highest BCUT2D eigenvalue weighted by molar-refractivity contribution is 5.75. The van der Waals surface area contributed by atoms with Crippen molar-refractivity contribution in [3.63, 3.8) is 0 Å². The van der Waals surface area contributed by atoms with Gasteiger partial charge in [-0.05, 0) is 12.1 Å². The fraction of sp³-hybridized carbons (Fsp3) is 0.333. The Morgan fingerprint density at radius 3 is 3.11 bits per heavy atom. The summed E-state index contributed by atoms with van der Waals surface area (Å²) in [6.45, 7) is 1.15. The monoisotopic (exact) mass is 247 g/mol. The smallest absolute Gasteiger partial charge is 0.408 e. The third-order valence-electron chi connectivity index (χ3n) is 3.10. The molecule has 1 aromatic carbocycles. The largest absolute Gasteiger partial charge is 0.465 e. The summed E-state index contributed by atoms with van der Waals surface area (Å²) in [4.78, 5) is 20.1. The van der Waals surface area contributed by atoms with E-state index in [4.69, 9.17) is 4.74 Å². The summed E-state index contributed by atoms with van der Waals surface area (Å²) in [6, 6.07) is 7.27. The summed E-state index contributed by atoms with van der Waals surface area (Å²) >= 11 is 0. The van der Waals surface area contributed by atoms with Crippen molar-refractivity contribution in [2.24, 2.45) is 0 Å². The minimum absolute atomic E-state index is 0.339. The highest BCUT2D eigenvalue weighted by atomic mass is 16.5. The normalized spacial score (nSPS) is 20.2. The van der Waals surface area contributed by atoms with Crippen molar-refractivity contribution < 1.29 is 14.6 Å². The number of fused-ring (bicyclic) bond motifs is 1. The van der Waals surface area contributed by atoms with Crippen LogP contribution in [0.15, 0.2) is 24.3 Å². The lowest BCUT2D eigenvalue weighted by Gasteiger charge is -2.31. The van der Waals surface area contributed by atoms with Gasteiger partial charge in [0.1, 0.15) is 11.9 Å². The number of para-hydroxylation sites is 2. The number of imidazole rings is 1. The average molecular weight is 247 g/mol. The second kappa shape index (κ2) is 4.30. The van der Waals surface area contributed by atoms with E-state index in [-0.39, 0.29) is 6.04 Å². The molecule has 6 nitrogen and oxygen atoms in total. The van der Waals surface area contributed by atoms with E-state index in [9.17, 15) is 9.90 Å². The lowest BCUT2D eigenvalue weighted by molar-refractivity contribution is -0.00341. The lowest BCUT2D eigenvalue weighted by atomic mass is 10.2. The molecule has 1 aliphatic heterocycles. The van der Waals surface area contributed by atoms with E-state index in [1.807, 2.05) is 24.3 Å². The molecule has 6 heteroatoms. The number of H-pyrrole nitrogens is 1. The molecule has 18 heavy (non-hydrogen) atoms. The Kier molecular flexibility index (Phi) is 2.64. The summed E-state index contributed by atoms with van der Waals surface area (Å²) in [6.07, 6.45) is -0.941. The summed E-state index contributed by atoms with van der Waals surface area (Å²) in [7, 11) is 0. The molecule has 1 aliphatic rings. The maximum absolute atomic E-state index is 11.2. The molecule has 2 N–H and O–H groups in total. The Morgan fingerprint density at radius 1 is 1.50 bits per heavy atom. The molecule has 1 saturated heterocycles. The first-order valence-electron chi connectivity index (χ1n) is 5.77. The van der Waals surface area contributed by atoms with Gasteiger partial charge in [-0.1, -0.05) is 12.1 Å². The molecule has 0 bridgehead atoms. The van der Waals surface area contributed by atoms with E-state index in [0.717, 1.165) is 11.0 Å². The number of rotatable bonds is 1. The van der Waals surface area contributed by atoms with Gasteiger partial charge in [-0.2, -0.15) is 0 Å². The lowest BCUT2D eigenvalue weighted by Crippen LogP contribution is -2.43. The second-order valence-electron chi connectivity index (χ2n) is 4.21. The van der Waals surface area contributed by atoms with Crippen LogP contribution in [0.5, 0.6) is 0 Å². The van der Waals surface area contributed by atoms with Crippen molar-refractivity contribution in [2.75, 3.05) is 19.8 Å². The van der Waals surface area contributed by atoms with Gasteiger partial charge >= 0.3 is 6.09 Å². The summed E-state index contributed by atoms with van der Waals surface area (Å²) < 4.78 is 5.35. The highest BCUT2D eigenvalue weighted by Gasteiger charge is 2.30. The second-order valence-corrected chi connectivity index (χ2v) is 4.21. The van der Waals surface area contributed by atoms with Gasteiger partial charge in [0.15, 0.2) is 0 Å². The third kappa shape index (κ3) is 1.80. The first-order chi connectivity index (χ1) is 8.75. The Balaban J connectivity index is 1.98. The quantitative estimate of drug-likeness (QED) is 0.802. The number of carbonyl (C=O) groups is 1. The van der Waals surface area contributed by atoms with Crippen molar-refractivity contribution >= 4 is 17.1 Å². The van der Waals surface area contributed by atoms with Crippen LogP contribution in [0.3, 0.4) is 0 Å². The molecule has 0 spiro atoms. The molecule has 0 aliphatic carbocycles. The Morgan fingerprint density at radius 2 is 2.33 bits per heavy atom. The molecule has 1 aromatic heterocycles. The van der Waals surface area contributed by atoms with Gasteiger partial charge in [0.05, 0.1) is 24.2 Å². The number of benzene rings is 1. The zero-order chi connectivity index (χ0) is 12.5. The van der Waals surface area contributed by atoms with Crippen molar-refractivity contribution in [1.82, 2.24) is 14.9 Å². The van der Waals surface area contributed by atoms with Crippen LogP contribution in [0.25, 0.3) is 11.0 Å². The van der Waals surface area contributed by atoms with Crippen LogP contribution in [0.4, 0.5) is 4.79 Å². The van der Waals surface area contributed by atoms with E-state index in [1.54, 1.807) is 0 Å². The Hall–Kier alpha value is -2.08. The maximum Gasteiger partial charge on any atom is 0.408 e. The van der Waals surface area contributed by atoms with Crippen LogP contribution >= 0.6 is 0 Å². The van der Waals surface area contributed by atoms with Crippen LogP contribution in [0.1, 0.15) is 11.9 Å². The fourth-order valence-corrected chi connectivity index (χ4v) is 2.19. The molecule has 94 valence electrons. The fourth-order valence-electron chi connectivity index (χ4n) is 2.19. The van der Waals surface area contributed by atoms with Gasteiger partial charge in [0.25, 0.3) is 0 Å². The maximum atomic E-state index is 11.2. The van der Waals surface area contributed by atoms with Crippen molar-refractivity contribution in [3.05, 3.63) is 30.1 Å². The summed E-state index contributed by atoms with van der Waals surface area (Å²) in [5.41, 5.74) is 1.74. The van der Waals surface area contributed by atoms with E-state index in [0.29, 0.717) is 25.6 Å². The average Bonchev–Trinajstić information content (AvgIpc) is 2.82. The van der Waals surface area contributed by atoms with Gasteiger partial charge in [-0.3, -0.25) is 4.90 Å². The topological polar surface area (TPSA) is 78.4 Å². The minimum Gasteiger partial charge on any atom is -0.465 e. The summed E-state index contributed by atoms with van der Waals surface area (Å²) in [5.74, 6) is 0.637. The molecule has 0 radical (unpaired) electrons. The molecule has 1 atom stereocenters. The number of aromatic nitrogens is 2. The van der Waals surface area contributed by atoms with Crippen molar-refractivity contribution in [2.45, 2.75) is 6.04 Å². The van der Waals surface area contributed by atoms with E-state index < -0.39 is 6.09 Å². The molecule has 1 amide bonds. The van der Waals surface area contributed by atoms with E-state index >= 15 is 0 Å². The van der Waals surface area contributed by atoms with Gasteiger partial charge in [0, 0.05) is 6.54 Å². The van der Waals surface area contributed by atoms with Gasteiger partial charge < -0.3 is 14.8 Å². The number of carboxylic acid groups (broad SMARTS) is 1. The molecule has 2 heterocycles. The predicted octanol–water partition coefficient (Wildman–Crippen LogP) is 1.61. The minimum atomic E-state index is -0.941. The number of aromatic amines is 1. The van der Waals surface area contributed by atoms with E-state index in [2.05, 4.69) is 9.97 Å². The molecule has 1 fully saturated rings. The number of amides is 1. The number of nitrogens with one attached hydrogen (secondary N) is 1. The highest BCUT2D eigenvalue weighted by Crippen LogP contribution is 2.24. The number of ether oxygens (including phenoxy) is 1. The van der Waals surface area contributed by atoms with Crippen molar-refractivity contribution in [1.29, 1.82) is 0 Å². The molecular weight excluding hydrogens is 234 g/mol. The molecule has 0 unspecified atom stereocenters. The predicted molar refractivity (Wildman–Crippen MR) is 64.4 cm³/mol. The first-order valence-corrected chi connectivity index (χ1v) is 5.77. The van der Waals surface area contributed by atoms with Crippen LogP contribution < -0.4 is 0 Å². The van der Waals surface area contributed by atoms with Crippen LogP contribution in [0, 0.1) is 0 Å². The van der Waals surface area contributed by atoms with Gasteiger partial charge in [0.2, 0.25) is 0 Å². The molecule has 3 rings (SSSR count). The van der Waals surface area contributed by atoms with Gasteiger partial charge in [-0.25, -0.2) is 9.78 Å². The molecule has 0 saturated carbocycles. The van der Waals surface area contributed by atoms with Crippen LogP contribution in [-0.2, 0) is 4.74 Å². The Bertz CT molecular complexity index is 548. The van der Waals surface area contributed by atoms with Crippen molar-refractivity contribution in [3.8, 4) is 0 Å². The third-order valence-corrected chi connectivity index (χ3v) is 3.10. The number of hydrogen-bond donors (Lipinski definition) is 2. The van der Waals surface area contributed by atoms with Gasteiger partial charge in [-0.15, -0.1) is 0 Å². The zero-order valence-corrected chi connectivity index (χ0v) is 9.67. The summed E-state index contributed by atoms with van der Waals surface area (Å²) in [5, 5.41) is 9.17. The van der Waals surface area contributed by atoms with E-state index in [1.165, 1.54) is 4.90 Å². The zero-order valence-electron chi connectivity index (χ0n) is 9.67. The number of hydrogen-bond acceptors (Lipinski definition) is 3.